The molecule has 4 heteroatoms. The maximum absolute atomic E-state index is 12.0. The Labute approximate surface area is 104 Å². The van der Waals surface area contributed by atoms with Crippen LogP contribution < -0.4 is 5.32 Å². The van der Waals surface area contributed by atoms with E-state index in [1.54, 1.807) is 0 Å². The maximum atomic E-state index is 12.0. The van der Waals surface area contributed by atoms with E-state index in [1.165, 1.54) is 12.8 Å². The molecule has 0 aliphatic carbocycles. The summed E-state index contributed by atoms with van der Waals surface area (Å²) in [6.45, 7) is 8.48. The molecule has 2 atom stereocenters. The molecule has 2 unspecified atom stereocenters. The van der Waals surface area contributed by atoms with Crippen molar-refractivity contribution in [2.75, 3.05) is 19.6 Å². The molecule has 2 fully saturated rings. The summed E-state index contributed by atoms with van der Waals surface area (Å²) in [5.41, 5.74) is -0.397. The van der Waals surface area contributed by atoms with E-state index in [-0.39, 0.29) is 6.09 Å². The molecule has 0 radical (unpaired) electrons. The van der Waals surface area contributed by atoms with Crippen LogP contribution in [0.4, 0.5) is 4.79 Å². The van der Waals surface area contributed by atoms with Crippen molar-refractivity contribution in [3.63, 3.8) is 0 Å². The van der Waals surface area contributed by atoms with E-state index >= 15 is 0 Å². The van der Waals surface area contributed by atoms with Gasteiger partial charge in [0.2, 0.25) is 0 Å². The summed E-state index contributed by atoms with van der Waals surface area (Å²) in [5, 5.41) is 3.50. The van der Waals surface area contributed by atoms with Crippen molar-refractivity contribution < 1.29 is 9.53 Å². The molecule has 1 amide bonds. The summed E-state index contributed by atoms with van der Waals surface area (Å²) in [4.78, 5) is 13.9. The van der Waals surface area contributed by atoms with Gasteiger partial charge < -0.3 is 15.0 Å². The first-order chi connectivity index (χ1) is 7.96. The number of nitrogens with one attached hydrogen (secondary N) is 1. The van der Waals surface area contributed by atoms with E-state index in [1.807, 2.05) is 25.7 Å². The molecule has 1 N–H and O–H groups in total. The van der Waals surface area contributed by atoms with Crippen LogP contribution in [0.3, 0.4) is 0 Å². The van der Waals surface area contributed by atoms with Gasteiger partial charge in [-0.15, -0.1) is 0 Å². The van der Waals surface area contributed by atoms with Gasteiger partial charge in [0.1, 0.15) is 5.60 Å². The summed E-state index contributed by atoms with van der Waals surface area (Å²) in [6, 6.07) is 0.477. The first-order valence-electron chi connectivity index (χ1n) is 6.67. The van der Waals surface area contributed by atoms with Gasteiger partial charge in [0.25, 0.3) is 0 Å². The van der Waals surface area contributed by atoms with Crippen molar-refractivity contribution >= 4 is 6.09 Å². The fourth-order valence-corrected chi connectivity index (χ4v) is 2.75. The first kappa shape index (κ1) is 12.7. The van der Waals surface area contributed by atoms with E-state index in [4.69, 9.17) is 4.74 Å². The van der Waals surface area contributed by atoms with Crippen molar-refractivity contribution in [2.45, 2.75) is 51.7 Å². The van der Waals surface area contributed by atoms with E-state index in [9.17, 15) is 4.79 Å². The maximum Gasteiger partial charge on any atom is 0.410 e. The summed E-state index contributed by atoms with van der Waals surface area (Å²) in [7, 11) is 0. The molecule has 0 aromatic rings. The number of carbonyl (C=O) groups is 1. The Morgan fingerprint density at radius 1 is 1.35 bits per heavy atom. The summed E-state index contributed by atoms with van der Waals surface area (Å²) >= 11 is 0. The number of amides is 1. The van der Waals surface area contributed by atoms with E-state index < -0.39 is 5.60 Å². The number of likely N-dealkylation sites (tertiary alicyclic amines) is 1. The molecular weight excluding hydrogens is 216 g/mol. The number of fused-ring (bicyclic) bond motifs is 1. The minimum Gasteiger partial charge on any atom is -0.444 e. The third-order valence-electron chi connectivity index (χ3n) is 3.56. The molecule has 4 nitrogen and oxygen atoms in total. The molecule has 17 heavy (non-hydrogen) atoms. The molecule has 2 saturated heterocycles. The number of hydrogen-bond donors (Lipinski definition) is 1. The molecule has 0 aromatic carbocycles. The summed E-state index contributed by atoms with van der Waals surface area (Å²) in [6.07, 6.45) is 3.43. The van der Waals surface area contributed by atoms with Gasteiger partial charge in [0.05, 0.1) is 0 Å². The molecule has 2 aliphatic heterocycles. The third kappa shape index (κ3) is 3.35. The number of nitrogens with zero attached hydrogens (tertiary/aromatic N) is 1. The molecule has 2 heterocycles. The van der Waals surface area contributed by atoms with Gasteiger partial charge in [0, 0.05) is 19.1 Å². The monoisotopic (exact) mass is 240 g/mol. The lowest BCUT2D eigenvalue weighted by Crippen LogP contribution is -2.43. The average molecular weight is 240 g/mol. The lowest BCUT2D eigenvalue weighted by atomic mass is 9.97. The third-order valence-corrected chi connectivity index (χ3v) is 3.56. The Morgan fingerprint density at radius 3 is 2.82 bits per heavy atom. The number of hydrogen-bond acceptors (Lipinski definition) is 3. The molecule has 2 aliphatic rings. The fraction of sp³-hybridized carbons (Fsp3) is 0.923. The Balaban J connectivity index is 1.94. The number of ether oxygens (including phenoxy) is 1. The molecule has 98 valence electrons. The average Bonchev–Trinajstić information content (AvgIpc) is 2.53. The predicted octanol–water partition coefficient (Wildman–Crippen LogP) is 2.00. The van der Waals surface area contributed by atoms with Crippen LogP contribution in [0.15, 0.2) is 0 Å². The Hall–Kier alpha value is -0.770. The normalized spacial score (nSPS) is 29.7. The zero-order valence-corrected chi connectivity index (χ0v) is 11.2. The van der Waals surface area contributed by atoms with Crippen LogP contribution in [0.5, 0.6) is 0 Å². The van der Waals surface area contributed by atoms with Crippen molar-refractivity contribution in [3.8, 4) is 0 Å². The number of carbonyl (C=O) groups excluding carboxylic acids is 1. The zero-order chi connectivity index (χ0) is 12.5. The molecule has 0 aromatic heterocycles. The van der Waals surface area contributed by atoms with Crippen LogP contribution in [-0.4, -0.2) is 42.3 Å². The van der Waals surface area contributed by atoms with Gasteiger partial charge in [-0.1, -0.05) is 0 Å². The fourth-order valence-electron chi connectivity index (χ4n) is 2.75. The molecule has 0 spiro atoms. The van der Waals surface area contributed by atoms with Gasteiger partial charge in [-0.25, -0.2) is 4.79 Å². The standard InChI is InChI=1S/C13H24N2O2/c1-13(2,3)17-12(16)15-8-4-5-10-6-7-14-11(10)9-15/h10-11,14H,4-9H2,1-3H3. The highest BCUT2D eigenvalue weighted by molar-refractivity contribution is 5.68. The second-order valence-electron chi connectivity index (χ2n) is 6.18. The molecule has 0 saturated carbocycles. The van der Waals surface area contributed by atoms with Crippen LogP contribution in [-0.2, 0) is 4.74 Å². The minimum atomic E-state index is -0.397. The number of rotatable bonds is 0. The lowest BCUT2D eigenvalue weighted by Gasteiger charge is -2.28. The smallest absolute Gasteiger partial charge is 0.410 e. The molecule has 2 rings (SSSR count). The highest BCUT2D eigenvalue weighted by atomic mass is 16.6. The molecular formula is C13H24N2O2. The van der Waals surface area contributed by atoms with Gasteiger partial charge in [0.15, 0.2) is 0 Å². The lowest BCUT2D eigenvalue weighted by molar-refractivity contribution is 0.0244. The van der Waals surface area contributed by atoms with E-state index in [0.29, 0.717) is 6.04 Å². The topological polar surface area (TPSA) is 41.6 Å². The Kier molecular flexibility index (Phi) is 3.61. The van der Waals surface area contributed by atoms with Crippen molar-refractivity contribution in [3.05, 3.63) is 0 Å². The Morgan fingerprint density at radius 2 is 2.12 bits per heavy atom. The molecule has 0 bridgehead atoms. The zero-order valence-electron chi connectivity index (χ0n) is 11.2. The predicted molar refractivity (Wildman–Crippen MR) is 66.9 cm³/mol. The second kappa shape index (κ2) is 4.84. The van der Waals surface area contributed by atoms with Crippen molar-refractivity contribution in [2.24, 2.45) is 5.92 Å². The van der Waals surface area contributed by atoms with Gasteiger partial charge in [-0.05, 0) is 52.5 Å². The van der Waals surface area contributed by atoms with Gasteiger partial charge >= 0.3 is 6.09 Å². The van der Waals surface area contributed by atoms with Crippen LogP contribution >= 0.6 is 0 Å². The summed E-state index contributed by atoms with van der Waals surface area (Å²) in [5.74, 6) is 0.752. The van der Waals surface area contributed by atoms with Crippen LogP contribution in [0.2, 0.25) is 0 Å². The van der Waals surface area contributed by atoms with Crippen LogP contribution in [0, 0.1) is 5.92 Å². The quantitative estimate of drug-likeness (QED) is 0.704. The summed E-state index contributed by atoms with van der Waals surface area (Å²) < 4.78 is 5.44. The second-order valence-corrected chi connectivity index (χ2v) is 6.18. The van der Waals surface area contributed by atoms with Gasteiger partial charge in [-0.2, -0.15) is 0 Å². The Bertz CT molecular complexity index is 286. The minimum absolute atomic E-state index is 0.160. The van der Waals surface area contributed by atoms with Crippen molar-refractivity contribution in [1.29, 1.82) is 0 Å². The van der Waals surface area contributed by atoms with E-state index in [2.05, 4.69) is 5.32 Å². The largest absolute Gasteiger partial charge is 0.444 e. The highest BCUT2D eigenvalue weighted by Crippen LogP contribution is 2.25. The van der Waals surface area contributed by atoms with Crippen LogP contribution in [0.25, 0.3) is 0 Å². The highest BCUT2D eigenvalue weighted by Gasteiger charge is 2.33. The first-order valence-corrected chi connectivity index (χ1v) is 6.67. The SMILES string of the molecule is CC(C)(C)OC(=O)N1CCCC2CCNC2C1. The van der Waals surface area contributed by atoms with E-state index in [0.717, 1.165) is 32.0 Å². The van der Waals surface area contributed by atoms with Gasteiger partial charge in [-0.3, -0.25) is 0 Å². The van der Waals surface area contributed by atoms with Crippen molar-refractivity contribution in [1.82, 2.24) is 10.2 Å². The van der Waals surface area contributed by atoms with Crippen LogP contribution in [0.1, 0.15) is 40.0 Å².